The SMILES string of the molecule is C=C1NCCc2cc(-c3nc(-c4ccc(N5CCN(C(C)C)CC5)cc4)cnc3N)c(F)cc21. The maximum absolute atomic E-state index is 15.1. The van der Waals surface area contributed by atoms with Gasteiger partial charge in [0.1, 0.15) is 17.3 Å². The Bertz CT molecular complexity index is 1210. The van der Waals surface area contributed by atoms with Crippen LogP contribution < -0.4 is 16.0 Å². The van der Waals surface area contributed by atoms with E-state index >= 15 is 4.39 Å². The number of nitrogens with two attached hydrogens (primary N) is 1. The molecule has 0 bridgehead atoms. The van der Waals surface area contributed by atoms with Gasteiger partial charge in [-0.3, -0.25) is 4.90 Å². The summed E-state index contributed by atoms with van der Waals surface area (Å²) in [7, 11) is 0. The molecule has 1 fully saturated rings. The minimum absolute atomic E-state index is 0.218. The molecule has 7 heteroatoms. The summed E-state index contributed by atoms with van der Waals surface area (Å²) in [5.74, 6) is -0.160. The molecule has 0 aliphatic carbocycles. The van der Waals surface area contributed by atoms with Crippen LogP contribution in [0.4, 0.5) is 15.9 Å². The number of hydrogen-bond donors (Lipinski definition) is 2. The normalized spacial score (nSPS) is 16.5. The Kier molecular flexibility index (Phi) is 5.96. The number of fused-ring (bicyclic) bond motifs is 1. The third-order valence-corrected chi connectivity index (χ3v) is 6.88. The van der Waals surface area contributed by atoms with Crippen LogP contribution in [0.5, 0.6) is 0 Å². The van der Waals surface area contributed by atoms with Gasteiger partial charge in [-0.05, 0) is 50.1 Å². The average molecular weight is 459 g/mol. The summed E-state index contributed by atoms with van der Waals surface area (Å²) in [5, 5.41) is 3.18. The molecule has 3 N–H and O–H groups in total. The Labute approximate surface area is 200 Å². The van der Waals surface area contributed by atoms with Crippen LogP contribution in [0.15, 0.2) is 49.2 Å². The first-order chi connectivity index (χ1) is 16.4. The molecule has 0 atom stereocenters. The number of hydrogen-bond acceptors (Lipinski definition) is 6. The highest BCUT2D eigenvalue weighted by atomic mass is 19.1. The molecule has 0 amide bonds. The molecule has 2 aliphatic rings. The molecule has 34 heavy (non-hydrogen) atoms. The number of halogens is 1. The summed E-state index contributed by atoms with van der Waals surface area (Å²) in [6.07, 6.45) is 2.44. The van der Waals surface area contributed by atoms with E-state index < -0.39 is 0 Å². The minimum Gasteiger partial charge on any atom is -0.385 e. The molecule has 3 aromatic rings. The summed E-state index contributed by atoms with van der Waals surface area (Å²) in [6, 6.07) is 12.3. The quantitative estimate of drug-likeness (QED) is 0.611. The number of piperazine rings is 1. The van der Waals surface area contributed by atoms with Crippen molar-refractivity contribution in [1.29, 1.82) is 0 Å². The van der Waals surface area contributed by atoms with Crippen LogP contribution in [0, 0.1) is 5.82 Å². The number of aromatic nitrogens is 2. The molecular weight excluding hydrogens is 427 g/mol. The maximum Gasteiger partial charge on any atom is 0.150 e. The largest absolute Gasteiger partial charge is 0.385 e. The van der Waals surface area contributed by atoms with Crippen LogP contribution >= 0.6 is 0 Å². The van der Waals surface area contributed by atoms with Gasteiger partial charge in [0.2, 0.25) is 0 Å². The highest BCUT2D eigenvalue weighted by Crippen LogP contribution is 2.33. The van der Waals surface area contributed by atoms with Gasteiger partial charge in [-0.1, -0.05) is 18.7 Å². The fraction of sp³-hybridized carbons (Fsp3) is 0.333. The van der Waals surface area contributed by atoms with Crippen LogP contribution in [0.25, 0.3) is 28.2 Å². The molecule has 0 saturated carbocycles. The van der Waals surface area contributed by atoms with E-state index in [2.05, 4.69) is 52.7 Å². The zero-order valence-electron chi connectivity index (χ0n) is 19.8. The van der Waals surface area contributed by atoms with E-state index in [-0.39, 0.29) is 11.6 Å². The average Bonchev–Trinajstić information content (AvgIpc) is 2.85. The first-order valence-electron chi connectivity index (χ1n) is 11.9. The van der Waals surface area contributed by atoms with Gasteiger partial charge in [0.05, 0.1) is 11.9 Å². The predicted molar refractivity (Wildman–Crippen MR) is 137 cm³/mol. The lowest BCUT2D eigenvalue weighted by Crippen LogP contribution is -2.48. The van der Waals surface area contributed by atoms with Crippen LogP contribution in [-0.2, 0) is 6.42 Å². The molecule has 3 heterocycles. The van der Waals surface area contributed by atoms with E-state index in [0.29, 0.717) is 23.0 Å². The van der Waals surface area contributed by atoms with Crippen molar-refractivity contribution < 1.29 is 4.39 Å². The summed E-state index contributed by atoms with van der Waals surface area (Å²) >= 11 is 0. The second-order valence-electron chi connectivity index (χ2n) is 9.30. The Morgan fingerprint density at radius 2 is 1.79 bits per heavy atom. The van der Waals surface area contributed by atoms with Crippen molar-refractivity contribution in [1.82, 2.24) is 20.2 Å². The first-order valence-corrected chi connectivity index (χ1v) is 11.9. The molecule has 0 radical (unpaired) electrons. The monoisotopic (exact) mass is 458 g/mol. The van der Waals surface area contributed by atoms with Gasteiger partial charge in [-0.25, -0.2) is 14.4 Å². The number of nitrogens with one attached hydrogen (secondary N) is 1. The van der Waals surface area contributed by atoms with E-state index in [4.69, 9.17) is 10.7 Å². The molecule has 6 nitrogen and oxygen atoms in total. The lowest BCUT2D eigenvalue weighted by Gasteiger charge is -2.38. The van der Waals surface area contributed by atoms with E-state index in [1.807, 2.05) is 18.2 Å². The molecule has 176 valence electrons. The topological polar surface area (TPSA) is 70.3 Å². The summed E-state index contributed by atoms with van der Waals surface area (Å²) in [6.45, 7) is 13.4. The van der Waals surface area contributed by atoms with Gasteiger partial charge < -0.3 is 16.0 Å². The van der Waals surface area contributed by atoms with Crippen LogP contribution in [0.1, 0.15) is 25.0 Å². The van der Waals surface area contributed by atoms with Crippen LogP contribution in [0.2, 0.25) is 0 Å². The molecule has 0 unspecified atom stereocenters. The van der Waals surface area contributed by atoms with Crippen LogP contribution in [-0.4, -0.2) is 53.6 Å². The van der Waals surface area contributed by atoms with Crippen molar-refractivity contribution in [2.24, 2.45) is 0 Å². The van der Waals surface area contributed by atoms with E-state index in [9.17, 15) is 0 Å². The first kappa shape index (κ1) is 22.3. The zero-order chi connectivity index (χ0) is 23.8. The van der Waals surface area contributed by atoms with Crippen molar-refractivity contribution in [3.8, 4) is 22.5 Å². The predicted octanol–water partition coefficient (Wildman–Crippen LogP) is 4.18. The van der Waals surface area contributed by atoms with Crippen molar-refractivity contribution in [2.75, 3.05) is 43.4 Å². The molecule has 5 rings (SSSR count). The zero-order valence-corrected chi connectivity index (χ0v) is 19.8. The number of rotatable bonds is 4. The lowest BCUT2D eigenvalue weighted by atomic mass is 9.94. The van der Waals surface area contributed by atoms with Gasteiger partial charge in [0, 0.05) is 66.8 Å². The van der Waals surface area contributed by atoms with Crippen molar-refractivity contribution in [3.05, 3.63) is 66.1 Å². The second kappa shape index (κ2) is 9.06. The molecule has 2 aromatic carbocycles. The van der Waals surface area contributed by atoms with Crippen molar-refractivity contribution in [3.63, 3.8) is 0 Å². The summed E-state index contributed by atoms with van der Waals surface area (Å²) < 4.78 is 15.1. The van der Waals surface area contributed by atoms with E-state index in [1.54, 1.807) is 6.20 Å². The highest BCUT2D eigenvalue weighted by molar-refractivity contribution is 5.77. The third kappa shape index (κ3) is 4.23. The second-order valence-corrected chi connectivity index (χ2v) is 9.30. The number of nitrogen functional groups attached to an aromatic ring is 1. The minimum atomic E-state index is -0.377. The van der Waals surface area contributed by atoms with Crippen molar-refractivity contribution >= 4 is 17.2 Å². The van der Waals surface area contributed by atoms with Gasteiger partial charge in [-0.2, -0.15) is 0 Å². The smallest absolute Gasteiger partial charge is 0.150 e. The van der Waals surface area contributed by atoms with Gasteiger partial charge in [0.15, 0.2) is 0 Å². The fourth-order valence-corrected chi connectivity index (χ4v) is 4.81. The Morgan fingerprint density at radius 3 is 2.50 bits per heavy atom. The molecule has 1 aromatic heterocycles. The van der Waals surface area contributed by atoms with Gasteiger partial charge in [0.25, 0.3) is 0 Å². The maximum atomic E-state index is 15.1. The highest BCUT2D eigenvalue weighted by Gasteiger charge is 2.21. The number of nitrogens with zero attached hydrogens (tertiary/aromatic N) is 4. The van der Waals surface area contributed by atoms with Crippen molar-refractivity contribution in [2.45, 2.75) is 26.3 Å². The molecule has 2 aliphatic heterocycles. The number of anilines is 2. The molecule has 0 spiro atoms. The van der Waals surface area contributed by atoms with Gasteiger partial charge in [-0.15, -0.1) is 0 Å². The molecular formula is C27H31FN6. The van der Waals surface area contributed by atoms with Crippen LogP contribution in [0.3, 0.4) is 0 Å². The Balaban J connectivity index is 1.41. The van der Waals surface area contributed by atoms with Gasteiger partial charge >= 0.3 is 0 Å². The van der Waals surface area contributed by atoms with E-state index in [0.717, 1.165) is 61.5 Å². The molecule has 1 saturated heterocycles. The van der Waals surface area contributed by atoms with E-state index in [1.165, 1.54) is 11.8 Å². The standard InChI is InChI=1S/C27H31FN6/c1-17(2)33-10-12-34(13-11-33)21-6-4-19(5-7-21)25-16-31-27(29)26(32-25)23-14-20-8-9-30-18(3)22(20)15-24(23)28/h4-7,14-17,30H,3,8-13H2,1-2H3,(H2,29,31). The lowest BCUT2D eigenvalue weighted by molar-refractivity contribution is 0.209. The fourth-order valence-electron chi connectivity index (χ4n) is 4.81. The summed E-state index contributed by atoms with van der Waals surface area (Å²) in [5.41, 5.74) is 12.3. The Hall–Kier alpha value is -3.45. The summed E-state index contributed by atoms with van der Waals surface area (Å²) in [4.78, 5) is 14.0. The Morgan fingerprint density at radius 1 is 1.06 bits per heavy atom. The third-order valence-electron chi connectivity index (χ3n) is 6.88. The number of benzene rings is 2.